The van der Waals surface area contributed by atoms with Crippen molar-refractivity contribution in [1.29, 1.82) is 0 Å². The summed E-state index contributed by atoms with van der Waals surface area (Å²) in [6, 6.07) is 0.799. The quantitative estimate of drug-likeness (QED) is 0.667. The van der Waals surface area contributed by atoms with E-state index in [9.17, 15) is 0 Å². The average molecular weight is 267 g/mol. The Balaban J connectivity index is 1.78. The minimum absolute atomic E-state index is 0.150. The molecule has 0 aromatic heterocycles. The lowest BCUT2D eigenvalue weighted by Gasteiger charge is -2.40. The maximum atomic E-state index is 6.41. The van der Waals surface area contributed by atoms with Gasteiger partial charge in [-0.15, -0.1) is 0 Å². The highest BCUT2D eigenvalue weighted by molar-refractivity contribution is 4.92. The van der Waals surface area contributed by atoms with Gasteiger partial charge in [0.15, 0.2) is 0 Å². The van der Waals surface area contributed by atoms with Crippen LogP contribution in [-0.4, -0.2) is 24.8 Å². The Hall–Kier alpha value is -0.0800. The standard InChI is InChI=1S/C17H33NO/c1-14(2)6-5-11-19-17(13-18-16-8-9-16)10-4-7-15(3)12-17/h14-16,18H,4-13H2,1-3H3. The van der Waals surface area contributed by atoms with Crippen molar-refractivity contribution in [3.63, 3.8) is 0 Å². The number of rotatable bonds is 8. The molecule has 2 fully saturated rings. The molecule has 0 amide bonds. The summed E-state index contributed by atoms with van der Waals surface area (Å²) in [6.07, 6.45) is 10.5. The van der Waals surface area contributed by atoms with E-state index < -0.39 is 0 Å². The Morgan fingerprint density at radius 3 is 2.68 bits per heavy atom. The lowest BCUT2D eigenvalue weighted by Crippen LogP contribution is -2.47. The largest absolute Gasteiger partial charge is 0.374 e. The highest BCUT2D eigenvalue weighted by Crippen LogP contribution is 2.35. The van der Waals surface area contributed by atoms with Crippen molar-refractivity contribution in [1.82, 2.24) is 5.32 Å². The van der Waals surface area contributed by atoms with Crippen LogP contribution >= 0.6 is 0 Å². The second-order valence-corrected chi connectivity index (χ2v) is 7.42. The van der Waals surface area contributed by atoms with Crippen LogP contribution in [0.5, 0.6) is 0 Å². The van der Waals surface area contributed by atoms with E-state index in [2.05, 4.69) is 26.1 Å². The van der Waals surface area contributed by atoms with Crippen LogP contribution in [0.3, 0.4) is 0 Å². The molecule has 1 N–H and O–H groups in total. The van der Waals surface area contributed by atoms with Crippen LogP contribution in [0.4, 0.5) is 0 Å². The molecule has 0 spiro atoms. The van der Waals surface area contributed by atoms with Crippen molar-refractivity contribution in [2.75, 3.05) is 13.2 Å². The molecule has 112 valence electrons. The van der Waals surface area contributed by atoms with Crippen molar-refractivity contribution < 1.29 is 4.74 Å². The highest BCUT2D eigenvalue weighted by Gasteiger charge is 2.37. The zero-order valence-electron chi connectivity index (χ0n) is 13.2. The van der Waals surface area contributed by atoms with Crippen LogP contribution in [0, 0.1) is 11.8 Å². The van der Waals surface area contributed by atoms with Crippen molar-refractivity contribution in [3.05, 3.63) is 0 Å². The SMILES string of the molecule is CC(C)CCCOC1(CNC2CC2)CCCC(C)C1. The minimum atomic E-state index is 0.150. The molecule has 2 aliphatic rings. The van der Waals surface area contributed by atoms with E-state index in [1.54, 1.807) is 0 Å². The van der Waals surface area contributed by atoms with E-state index in [-0.39, 0.29) is 5.60 Å². The van der Waals surface area contributed by atoms with Gasteiger partial charge in [0.2, 0.25) is 0 Å². The van der Waals surface area contributed by atoms with Crippen LogP contribution < -0.4 is 5.32 Å². The first-order valence-corrected chi connectivity index (χ1v) is 8.47. The maximum Gasteiger partial charge on any atom is 0.0808 e. The van der Waals surface area contributed by atoms with Crippen LogP contribution in [0.25, 0.3) is 0 Å². The van der Waals surface area contributed by atoms with Gasteiger partial charge in [-0.3, -0.25) is 0 Å². The molecule has 2 nitrogen and oxygen atoms in total. The van der Waals surface area contributed by atoms with Crippen LogP contribution in [0.1, 0.15) is 72.1 Å². The normalized spacial score (nSPS) is 31.9. The summed E-state index contributed by atoms with van der Waals surface area (Å²) >= 11 is 0. The summed E-state index contributed by atoms with van der Waals surface area (Å²) in [7, 11) is 0. The summed E-state index contributed by atoms with van der Waals surface area (Å²) in [5.74, 6) is 1.63. The molecule has 0 aromatic carbocycles. The molecule has 19 heavy (non-hydrogen) atoms. The molecule has 2 saturated carbocycles. The summed E-state index contributed by atoms with van der Waals surface area (Å²) < 4.78 is 6.41. The molecule has 2 rings (SSSR count). The van der Waals surface area contributed by atoms with E-state index in [4.69, 9.17) is 4.74 Å². The smallest absolute Gasteiger partial charge is 0.0808 e. The van der Waals surface area contributed by atoms with E-state index in [0.717, 1.165) is 31.0 Å². The molecule has 2 heteroatoms. The summed E-state index contributed by atoms with van der Waals surface area (Å²) in [4.78, 5) is 0. The fourth-order valence-electron chi connectivity index (χ4n) is 3.35. The Labute approximate surface area is 119 Å². The van der Waals surface area contributed by atoms with Crippen molar-refractivity contribution in [2.24, 2.45) is 11.8 Å². The van der Waals surface area contributed by atoms with Gasteiger partial charge in [-0.2, -0.15) is 0 Å². The first kappa shape index (κ1) is 15.3. The lowest BCUT2D eigenvalue weighted by molar-refractivity contribution is -0.0810. The third kappa shape index (κ3) is 5.43. The van der Waals surface area contributed by atoms with Crippen molar-refractivity contribution >= 4 is 0 Å². The zero-order chi connectivity index (χ0) is 13.7. The topological polar surface area (TPSA) is 21.3 Å². The minimum Gasteiger partial charge on any atom is -0.374 e. The van der Waals surface area contributed by atoms with Gasteiger partial charge in [-0.25, -0.2) is 0 Å². The van der Waals surface area contributed by atoms with Gasteiger partial charge in [-0.05, 0) is 50.4 Å². The molecule has 0 heterocycles. The third-order valence-electron chi connectivity index (χ3n) is 4.67. The first-order chi connectivity index (χ1) is 9.10. The Morgan fingerprint density at radius 1 is 1.26 bits per heavy atom. The molecule has 0 bridgehead atoms. The fourth-order valence-corrected chi connectivity index (χ4v) is 3.35. The Morgan fingerprint density at radius 2 is 2.05 bits per heavy atom. The lowest BCUT2D eigenvalue weighted by atomic mass is 9.78. The molecule has 2 atom stereocenters. The summed E-state index contributed by atoms with van der Waals surface area (Å²) in [5, 5.41) is 3.71. The highest BCUT2D eigenvalue weighted by atomic mass is 16.5. The van der Waals surface area contributed by atoms with Gasteiger partial charge >= 0.3 is 0 Å². The van der Waals surface area contributed by atoms with Crippen LogP contribution in [-0.2, 0) is 4.74 Å². The predicted octanol–water partition coefficient (Wildman–Crippen LogP) is 4.14. The molecule has 2 unspecified atom stereocenters. The van der Waals surface area contributed by atoms with E-state index in [0.29, 0.717) is 0 Å². The second-order valence-electron chi connectivity index (χ2n) is 7.42. The fraction of sp³-hybridized carbons (Fsp3) is 1.00. The molecular formula is C17H33NO. The van der Waals surface area contributed by atoms with E-state index in [1.165, 1.54) is 51.4 Å². The van der Waals surface area contributed by atoms with Crippen LogP contribution in [0.15, 0.2) is 0 Å². The predicted molar refractivity (Wildman–Crippen MR) is 81.4 cm³/mol. The molecule has 0 saturated heterocycles. The summed E-state index contributed by atoms with van der Waals surface area (Å²) in [6.45, 7) is 9.03. The monoisotopic (exact) mass is 267 g/mol. The Bertz CT molecular complexity index is 262. The molecule has 0 radical (unpaired) electrons. The summed E-state index contributed by atoms with van der Waals surface area (Å²) in [5.41, 5.74) is 0.150. The number of hydrogen-bond donors (Lipinski definition) is 1. The number of ether oxygens (including phenoxy) is 1. The van der Waals surface area contributed by atoms with Gasteiger partial charge < -0.3 is 10.1 Å². The van der Waals surface area contributed by atoms with Crippen molar-refractivity contribution in [3.8, 4) is 0 Å². The second kappa shape index (κ2) is 7.08. The molecular weight excluding hydrogens is 234 g/mol. The van der Waals surface area contributed by atoms with Gasteiger partial charge in [0, 0.05) is 19.2 Å². The molecule has 0 aromatic rings. The van der Waals surface area contributed by atoms with E-state index in [1.807, 2.05) is 0 Å². The van der Waals surface area contributed by atoms with Gasteiger partial charge in [-0.1, -0.05) is 33.6 Å². The average Bonchev–Trinajstić information content (AvgIpc) is 3.16. The van der Waals surface area contributed by atoms with Crippen LogP contribution in [0.2, 0.25) is 0 Å². The number of hydrogen-bond acceptors (Lipinski definition) is 2. The molecule has 0 aliphatic heterocycles. The third-order valence-corrected chi connectivity index (χ3v) is 4.67. The van der Waals surface area contributed by atoms with Gasteiger partial charge in [0.1, 0.15) is 0 Å². The first-order valence-electron chi connectivity index (χ1n) is 8.47. The molecule has 2 aliphatic carbocycles. The maximum absolute atomic E-state index is 6.41. The van der Waals surface area contributed by atoms with E-state index >= 15 is 0 Å². The van der Waals surface area contributed by atoms with Gasteiger partial charge in [0.25, 0.3) is 0 Å². The zero-order valence-corrected chi connectivity index (χ0v) is 13.2. The number of nitrogens with one attached hydrogen (secondary N) is 1. The van der Waals surface area contributed by atoms with Gasteiger partial charge in [0.05, 0.1) is 5.60 Å². The Kier molecular flexibility index (Phi) is 5.70. The van der Waals surface area contributed by atoms with Crippen molar-refractivity contribution in [2.45, 2.75) is 83.8 Å².